The average molecular weight is 455 g/mol. The Balaban J connectivity index is 1.35. The standard InChI is InChI=1S/C30H18N2OS/c1-2-7-20(8-3-1)30-32-26-16-15-19-13-14-22(18-24(19)28(26)34-30)21-9-6-10-23(17-21)29-31-25-11-4-5-12-27(25)33-29/h1-18H. The summed E-state index contributed by atoms with van der Waals surface area (Å²) in [5, 5.41) is 3.49. The van der Waals surface area contributed by atoms with Gasteiger partial charge in [-0.25, -0.2) is 9.97 Å². The van der Waals surface area contributed by atoms with Crippen molar-refractivity contribution in [3.63, 3.8) is 0 Å². The number of hydrogen-bond acceptors (Lipinski definition) is 4. The van der Waals surface area contributed by atoms with Gasteiger partial charge in [-0.15, -0.1) is 11.3 Å². The molecule has 7 aromatic rings. The molecule has 0 spiro atoms. The number of thiazole rings is 1. The number of aromatic nitrogens is 2. The second-order valence-corrected chi connectivity index (χ2v) is 9.30. The Morgan fingerprint density at radius 3 is 2.24 bits per heavy atom. The smallest absolute Gasteiger partial charge is 0.227 e. The maximum atomic E-state index is 6.00. The van der Waals surface area contributed by atoms with Crippen molar-refractivity contribution >= 4 is 43.4 Å². The Kier molecular flexibility index (Phi) is 4.32. The first kappa shape index (κ1) is 19.2. The van der Waals surface area contributed by atoms with E-state index in [-0.39, 0.29) is 0 Å². The monoisotopic (exact) mass is 454 g/mol. The molecule has 0 saturated heterocycles. The highest BCUT2D eigenvalue weighted by Gasteiger charge is 2.12. The minimum atomic E-state index is 0.640. The first-order valence-electron chi connectivity index (χ1n) is 11.2. The molecule has 0 atom stereocenters. The van der Waals surface area contributed by atoms with Crippen LogP contribution in [0.5, 0.6) is 0 Å². The van der Waals surface area contributed by atoms with Gasteiger partial charge in [0.1, 0.15) is 10.5 Å². The predicted octanol–water partition coefficient (Wildman–Crippen LogP) is 8.59. The summed E-state index contributed by atoms with van der Waals surface area (Å²) in [5.74, 6) is 0.640. The summed E-state index contributed by atoms with van der Waals surface area (Å²) < 4.78 is 7.22. The van der Waals surface area contributed by atoms with Gasteiger partial charge in [-0.3, -0.25) is 0 Å². The molecule has 3 nitrogen and oxygen atoms in total. The molecule has 2 aromatic heterocycles. The highest BCUT2D eigenvalue weighted by Crippen LogP contribution is 2.37. The molecule has 0 aliphatic rings. The van der Waals surface area contributed by atoms with Gasteiger partial charge < -0.3 is 4.42 Å². The number of oxazole rings is 1. The van der Waals surface area contributed by atoms with Crippen molar-refractivity contribution in [1.82, 2.24) is 9.97 Å². The minimum absolute atomic E-state index is 0.640. The van der Waals surface area contributed by atoms with Gasteiger partial charge in [-0.1, -0.05) is 72.8 Å². The van der Waals surface area contributed by atoms with Crippen LogP contribution in [0.1, 0.15) is 0 Å². The molecule has 160 valence electrons. The molecule has 0 aliphatic heterocycles. The first-order chi connectivity index (χ1) is 16.8. The van der Waals surface area contributed by atoms with Gasteiger partial charge in [0.05, 0.1) is 10.2 Å². The Morgan fingerprint density at radius 1 is 0.559 bits per heavy atom. The summed E-state index contributed by atoms with van der Waals surface area (Å²) in [4.78, 5) is 9.57. The lowest BCUT2D eigenvalue weighted by Crippen LogP contribution is -1.83. The van der Waals surface area contributed by atoms with Crippen LogP contribution >= 0.6 is 11.3 Å². The van der Waals surface area contributed by atoms with Crippen molar-refractivity contribution in [3.05, 3.63) is 109 Å². The molecule has 0 fully saturated rings. The zero-order valence-corrected chi connectivity index (χ0v) is 18.9. The molecular weight excluding hydrogens is 436 g/mol. The molecule has 7 rings (SSSR count). The highest BCUT2D eigenvalue weighted by molar-refractivity contribution is 7.22. The molecule has 0 unspecified atom stereocenters. The van der Waals surface area contributed by atoms with Crippen molar-refractivity contribution in [1.29, 1.82) is 0 Å². The Bertz CT molecular complexity index is 1780. The lowest BCUT2D eigenvalue weighted by molar-refractivity contribution is 0.620. The Hall–Kier alpha value is -4.28. The highest BCUT2D eigenvalue weighted by atomic mass is 32.1. The van der Waals surface area contributed by atoms with Crippen LogP contribution in [-0.2, 0) is 0 Å². The van der Waals surface area contributed by atoms with Crippen LogP contribution in [0.3, 0.4) is 0 Å². The molecule has 0 aliphatic carbocycles. The van der Waals surface area contributed by atoms with Gasteiger partial charge in [-0.2, -0.15) is 0 Å². The fraction of sp³-hybridized carbons (Fsp3) is 0. The third-order valence-electron chi connectivity index (χ3n) is 6.13. The van der Waals surface area contributed by atoms with Crippen LogP contribution in [0.15, 0.2) is 114 Å². The summed E-state index contributed by atoms with van der Waals surface area (Å²) >= 11 is 1.75. The molecular formula is C30H18N2OS. The maximum absolute atomic E-state index is 6.00. The average Bonchev–Trinajstić information content (AvgIpc) is 3.54. The van der Waals surface area contributed by atoms with Crippen LogP contribution in [0, 0.1) is 0 Å². The van der Waals surface area contributed by atoms with Crippen LogP contribution in [-0.4, -0.2) is 9.97 Å². The van der Waals surface area contributed by atoms with Gasteiger partial charge in [0.15, 0.2) is 5.58 Å². The second-order valence-electron chi connectivity index (χ2n) is 8.30. The molecule has 0 bridgehead atoms. The summed E-state index contributed by atoms with van der Waals surface area (Å²) in [6.45, 7) is 0. The molecule has 4 heteroatoms. The SMILES string of the molecule is c1ccc(-c2nc3ccc4ccc(-c5cccc(-c6nc7ccccc7o6)c5)cc4c3s2)cc1. The molecule has 0 N–H and O–H groups in total. The third kappa shape index (κ3) is 3.19. The minimum Gasteiger partial charge on any atom is -0.436 e. The van der Waals surface area contributed by atoms with Crippen molar-refractivity contribution in [2.75, 3.05) is 0 Å². The quantitative estimate of drug-likeness (QED) is 0.268. The van der Waals surface area contributed by atoms with Gasteiger partial charge in [-0.05, 0) is 52.9 Å². The van der Waals surface area contributed by atoms with E-state index < -0.39 is 0 Å². The fourth-order valence-corrected chi connectivity index (χ4v) is 5.51. The van der Waals surface area contributed by atoms with Crippen molar-refractivity contribution in [3.8, 4) is 33.2 Å². The van der Waals surface area contributed by atoms with Crippen LogP contribution in [0.2, 0.25) is 0 Å². The summed E-state index contributed by atoms with van der Waals surface area (Å²) in [6.07, 6.45) is 0. The summed E-state index contributed by atoms with van der Waals surface area (Å²) in [7, 11) is 0. The maximum Gasteiger partial charge on any atom is 0.227 e. The van der Waals surface area contributed by atoms with Crippen molar-refractivity contribution in [2.45, 2.75) is 0 Å². The van der Waals surface area contributed by atoms with E-state index in [2.05, 4.69) is 77.8 Å². The van der Waals surface area contributed by atoms with E-state index in [4.69, 9.17) is 9.40 Å². The Morgan fingerprint density at radius 2 is 1.32 bits per heavy atom. The van der Waals surface area contributed by atoms with Gasteiger partial charge in [0.25, 0.3) is 0 Å². The fourth-order valence-electron chi connectivity index (χ4n) is 4.42. The van der Waals surface area contributed by atoms with E-state index in [1.807, 2.05) is 36.4 Å². The lowest BCUT2D eigenvalue weighted by atomic mass is 9.99. The number of fused-ring (bicyclic) bond motifs is 4. The summed E-state index contributed by atoms with van der Waals surface area (Å²) in [6, 6.07) is 37.5. The van der Waals surface area contributed by atoms with Crippen LogP contribution < -0.4 is 0 Å². The van der Waals surface area contributed by atoms with E-state index in [1.54, 1.807) is 11.3 Å². The van der Waals surface area contributed by atoms with E-state index in [1.165, 1.54) is 15.5 Å². The normalized spacial score (nSPS) is 11.5. The largest absolute Gasteiger partial charge is 0.436 e. The molecule has 0 saturated carbocycles. The van der Waals surface area contributed by atoms with Gasteiger partial charge in [0, 0.05) is 16.5 Å². The predicted molar refractivity (Wildman–Crippen MR) is 141 cm³/mol. The van der Waals surface area contributed by atoms with Crippen molar-refractivity contribution in [2.24, 2.45) is 0 Å². The van der Waals surface area contributed by atoms with E-state index in [0.29, 0.717) is 5.89 Å². The topological polar surface area (TPSA) is 38.9 Å². The number of rotatable bonds is 3. The molecule has 0 amide bonds. The van der Waals surface area contributed by atoms with E-state index in [9.17, 15) is 0 Å². The zero-order valence-electron chi connectivity index (χ0n) is 18.1. The van der Waals surface area contributed by atoms with Crippen molar-refractivity contribution < 1.29 is 4.42 Å². The third-order valence-corrected chi connectivity index (χ3v) is 7.28. The molecule has 2 heterocycles. The second kappa shape index (κ2) is 7.65. The number of nitrogens with zero attached hydrogens (tertiary/aromatic N) is 2. The van der Waals surface area contributed by atoms with Crippen LogP contribution in [0.25, 0.3) is 65.2 Å². The Labute approximate surface area is 200 Å². The number of benzene rings is 5. The lowest BCUT2D eigenvalue weighted by Gasteiger charge is -2.06. The summed E-state index contributed by atoms with van der Waals surface area (Å²) in [5.41, 5.74) is 7.12. The number of hydrogen-bond donors (Lipinski definition) is 0. The molecule has 34 heavy (non-hydrogen) atoms. The zero-order chi connectivity index (χ0) is 22.5. The first-order valence-corrected chi connectivity index (χ1v) is 12.0. The van der Waals surface area contributed by atoms with E-state index >= 15 is 0 Å². The number of para-hydroxylation sites is 2. The van der Waals surface area contributed by atoms with Gasteiger partial charge >= 0.3 is 0 Å². The van der Waals surface area contributed by atoms with E-state index in [0.717, 1.165) is 43.9 Å². The van der Waals surface area contributed by atoms with Crippen LogP contribution in [0.4, 0.5) is 0 Å². The molecule has 5 aromatic carbocycles. The van der Waals surface area contributed by atoms with Gasteiger partial charge in [0.2, 0.25) is 5.89 Å². The molecule has 0 radical (unpaired) electrons.